The minimum atomic E-state index is 1.08. The number of hydrogen-bond acceptors (Lipinski definition) is 2. The Labute approximate surface area is 184 Å². The summed E-state index contributed by atoms with van der Waals surface area (Å²) in [6.07, 6.45) is 0. The third-order valence-corrected chi connectivity index (χ3v) is 7.00. The fourth-order valence-electron chi connectivity index (χ4n) is 3.48. The van der Waals surface area contributed by atoms with E-state index in [0.717, 1.165) is 26.0 Å². The Bertz CT molecular complexity index is 1230. The van der Waals surface area contributed by atoms with Crippen molar-refractivity contribution in [2.75, 3.05) is 4.90 Å². The molecule has 1 aromatic heterocycles. The zero-order valence-corrected chi connectivity index (χ0v) is 18.8. The van der Waals surface area contributed by atoms with Gasteiger partial charge in [-0.05, 0) is 72.8 Å². The van der Waals surface area contributed by atoms with Crippen LogP contribution in [0.4, 0.5) is 17.1 Å². The molecule has 5 rings (SSSR count). The number of rotatable bonds is 3. The summed E-state index contributed by atoms with van der Waals surface area (Å²) in [6, 6.07) is 32.3. The second-order valence-electron chi connectivity index (χ2n) is 6.57. The Kier molecular flexibility index (Phi) is 4.71. The lowest BCUT2D eigenvalue weighted by molar-refractivity contribution is 1.28. The lowest BCUT2D eigenvalue weighted by Gasteiger charge is -2.25. The van der Waals surface area contributed by atoms with Crippen LogP contribution in [-0.4, -0.2) is 0 Å². The van der Waals surface area contributed by atoms with E-state index < -0.39 is 0 Å². The highest BCUT2D eigenvalue weighted by molar-refractivity contribution is 9.10. The molecule has 0 saturated carbocycles. The van der Waals surface area contributed by atoms with Gasteiger partial charge in [0.05, 0.1) is 0 Å². The summed E-state index contributed by atoms with van der Waals surface area (Å²) in [5.74, 6) is 0. The third kappa shape index (κ3) is 3.26. The van der Waals surface area contributed by atoms with Gasteiger partial charge in [-0.1, -0.05) is 50.1 Å². The molecule has 0 N–H and O–H groups in total. The number of benzene rings is 4. The highest BCUT2D eigenvalue weighted by atomic mass is 79.9. The Morgan fingerprint density at radius 1 is 0.536 bits per heavy atom. The van der Waals surface area contributed by atoms with Crippen molar-refractivity contribution in [2.24, 2.45) is 0 Å². The van der Waals surface area contributed by atoms with Crippen molar-refractivity contribution in [1.29, 1.82) is 0 Å². The monoisotopic (exact) mass is 507 g/mol. The minimum Gasteiger partial charge on any atom is -0.310 e. The lowest BCUT2D eigenvalue weighted by atomic mass is 10.1. The fraction of sp³-hybridized carbons (Fsp3) is 0. The first kappa shape index (κ1) is 17.9. The van der Waals surface area contributed by atoms with Gasteiger partial charge in [0.25, 0.3) is 0 Å². The molecule has 4 aromatic carbocycles. The highest BCUT2D eigenvalue weighted by Gasteiger charge is 2.14. The van der Waals surface area contributed by atoms with Gasteiger partial charge in [0, 0.05) is 46.2 Å². The standard InChI is InChI=1S/C24H15Br2NS/c25-16-5-9-18(10-6-16)27(19-11-7-17(26)8-12-19)20-13-14-24-22(15-20)21-3-1-2-4-23(21)28-24/h1-15H. The SMILES string of the molecule is Brc1ccc(N(c2ccc(Br)cc2)c2ccc3sc4ccccc4c3c2)cc1. The number of thiophene rings is 1. The first-order valence-corrected chi connectivity index (χ1v) is 11.3. The molecule has 0 amide bonds. The van der Waals surface area contributed by atoms with Gasteiger partial charge in [0.15, 0.2) is 0 Å². The molecule has 4 heteroatoms. The molecule has 0 bridgehead atoms. The Morgan fingerprint density at radius 2 is 1.07 bits per heavy atom. The highest BCUT2D eigenvalue weighted by Crippen LogP contribution is 2.40. The van der Waals surface area contributed by atoms with Crippen LogP contribution in [0, 0.1) is 0 Å². The summed E-state index contributed by atoms with van der Waals surface area (Å²) >= 11 is 8.94. The van der Waals surface area contributed by atoms with Crippen LogP contribution < -0.4 is 4.90 Å². The quantitative estimate of drug-likeness (QED) is 0.235. The van der Waals surface area contributed by atoms with Crippen molar-refractivity contribution in [3.8, 4) is 0 Å². The van der Waals surface area contributed by atoms with Gasteiger partial charge in [0.2, 0.25) is 0 Å². The van der Waals surface area contributed by atoms with Crippen LogP contribution in [-0.2, 0) is 0 Å². The lowest BCUT2D eigenvalue weighted by Crippen LogP contribution is -2.09. The second-order valence-corrected chi connectivity index (χ2v) is 9.48. The van der Waals surface area contributed by atoms with Gasteiger partial charge in [0.1, 0.15) is 0 Å². The maximum atomic E-state index is 3.55. The Balaban J connectivity index is 1.73. The first-order chi connectivity index (χ1) is 13.7. The van der Waals surface area contributed by atoms with E-state index in [-0.39, 0.29) is 0 Å². The molecule has 0 saturated heterocycles. The summed E-state index contributed by atoms with van der Waals surface area (Å²) in [5, 5.41) is 2.62. The predicted octanol–water partition coefficient (Wildman–Crippen LogP) is 9.05. The smallest absolute Gasteiger partial charge is 0.0468 e. The average molecular weight is 509 g/mol. The Hall–Kier alpha value is -2.14. The number of fused-ring (bicyclic) bond motifs is 3. The van der Waals surface area contributed by atoms with E-state index >= 15 is 0 Å². The van der Waals surface area contributed by atoms with E-state index in [0.29, 0.717) is 0 Å². The van der Waals surface area contributed by atoms with Crippen molar-refractivity contribution in [3.05, 3.63) is 99.9 Å². The summed E-state index contributed by atoms with van der Waals surface area (Å²) in [7, 11) is 0. The van der Waals surface area contributed by atoms with E-state index in [1.807, 2.05) is 11.3 Å². The summed E-state index contributed by atoms with van der Waals surface area (Å²) in [6.45, 7) is 0. The first-order valence-electron chi connectivity index (χ1n) is 8.92. The summed E-state index contributed by atoms with van der Waals surface area (Å²) in [4.78, 5) is 2.30. The fourth-order valence-corrected chi connectivity index (χ4v) is 5.10. The van der Waals surface area contributed by atoms with Crippen LogP contribution >= 0.6 is 43.2 Å². The maximum absolute atomic E-state index is 3.55. The zero-order chi connectivity index (χ0) is 19.1. The van der Waals surface area contributed by atoms with Crippen molar-refractivity contribution in [2.45, 2.75) is 0 Å². The number of anilines is 3. The predicted molar refractivity (Wildman–Crippen MR) is 129 cm³/mol. The molecule has 0 fully saturated rings. The Morgan fingerprint density at radius 3 is 1.71 bits per heavy atom. The molecule has 0 aliphatic rings. The van der Waals surface area contributed by atoms with E-state index in [9.17, 15) is 0 Å². The molecule has 0 radical (unpaired) electrons. The van der Waals surface area contributed by atoms with Crippen molar-refractivity contribution >= 4 is 80.4 Å². The van der Waals surface area contributed by atoms with Crippen LogP contribution in [0.2, 0.25) is 0 Å². The van der Waals surface area contributed by atoms with Crippen LogP contribution in [0.1, 0.15) is 0 Å². The maximum Gasteiger partial charge on any atom is 0.0468 e. The normalized spacial score (nSPS) is 11.2. The molecule has 1 heterocycles. The van der Waals surface area contributed by atoms with E-state index in [2.05, 4.69) is 128 Å². The molecular weight excluding hydrogens is 494 g/mol. The van der Waals surface area contributed by atoms with E-state index in [1.54, 1.807) is 0 Å². The average Bonchev–Trinajstić information content (AvgIpc) is 3.09. The van der Waals surface area contributed by atoms with Crippen LogP contribution in [0.15, 0.2) is 99.9 Å². The van der Waals surface area contributed by atoms with E-state index in [4.69, 9.17) is 0 Å². The summed E-state index contributed by atoms with van der Waals surface area (Å²) < 4.78 is 4.79. The molecule has 0 spiro atoms. The molecule has 0 unspecified atom stereocenters. The van der Waals surface area contributed by atoms with Gasteiger partial charge in [-0.15, -0.1) is 11.3 Å². The van der Waals surface area contributed by atoms with Crippen LogP contribution in [0.3, 0.4) is 0 Å². The van der Waals surface area contributed by atoms with Gasteiger partial charge in [-0.25, -0.2) is 0 Å². The van der Waals surface area contributed by atoms with Gasteiger partial charge < -0.3 is 4.90 Å². The largest absolute Gasteiger partial charge is 0.310 e. The molecular formula is C24H15Br2NS. The second kappa shape index (κ2) is 7.36. The third-order valence-electron chi connectivity index (χ3n) is 4.79. The molecule has 136 valence electrons. The summed E-state index contributed by atoms with van der Waals surface area (Å²) in [5.41, 5.74) is 3.41. The minimum absolute atomic E-state index is 1.08. The van der Waals surface area contributed by atoms with E-state index in [1.165, 1.54) is 20.2 Å². The molecule has 5 aromatic rings. The van der Waals surface area contributed by atoms with Gasteiger partial charge in [-0.2, -0.15) is 0 Å². The van der Waals surface area contributed by atoms with Crippen LogP contribution in [0.25, 0.3) is 20.2 Å². The number of hydrogen-bond donors (Lipinski definition) is 0. The molecule has 0 aliphatic heterocycles. The van der Waals surface area contributed by atoms with Gasteiger partial charge in [-0.3, -0.25) is 0 Å². The number of nitrogens with zero attached hydrogens (tertiary/aromatic N) is 1. The topological polar surface area (TPSA) is 3.24 Å². The van der Waals surface area contributed by atoms with Crippen LogP contribution in [0.5, 0.6) is 0 Å². The zero-order valence-electron chi connectivity index (χ0n) is 14.8. The van der Waals surface area contributed by atoms with Crippen molar-refractivity contribution in [3.63, 3.8) is 0 Å². The van der Waals surface area contributed by atoms with Gasteiger partial charge >= 0.3 is 0 Å². The molecule has 0 aliphatic carbocycles. The molecule has 1 nitrogen and oxygen atoms in total. The number of halogens is 2. The molecule has 28 heavy (non-hydrogen) atoms. The van der Waals surface area contributed by atoms with Crippen molar-refractivity contribution < 1.29 is 0 Å². The van der Waals surface area contributed by atoms with Crippen molar-refractivity contribution in [1.82, 2.24) is 0 Å². The molecule has 0 atom stereocenters.